The number of anilines is 1. The van der Waals surface area contributed by atoms with Crippen molar-refractivity contribution < 1.29 is 4.79 Å². The third-order valence-corrected chi connectivity index (χ3v) is 2.93. The Morgan fingerprint density at radius 2 is 2.26 bits per heavy atom. The quantitative estimate of drug-likeness (QED) is 0.835. The smallest absolute Gasteiger partial charge is 0.253 e. The van der Waals surface area contributed by atoms with Gasteiger partial charge < -0.3 is 11.1 Å². The summed E-state index contributed by atoms with van der Waals surface area (Å²) >= 11 is 5.79. The summed E-state index contributed by atoms with van der Waals surface area (Å²) in [5, 5.41) is 7.55. The molecule has 19 heavy (non-hydrogen) atoms. The van der Waals surface area contributed by atoms with Crippen LogP contribution in [0.15, 0.2) is 30.5 Å². The Morgan fingerprint density at radius 1 is 1.47 bits per heavy atom. The molecule has 0 aliphatic rings. The van der Waals surface area contributed by atoms with Gasteiger partial charge in [-0.2, -0.15) is 5.10 Å². The summed E-state index contributed by atoms with van der Waals surface area (Å²) < 4.78 is 1.73. The van der Waals surface area contributed by atoms with E-state index in [2.05, 4.69) is 10.4 Å². The number of halogens is 1. The first-order valence-electron chi connectivity index (χ1n) is 5.88. The lowest BCUT2D eigenvalue weighted by Gasteiger charge is -2.07. The van der Waals surface area contributed by atoms with Gasteiger partial charge in [0.2, 0.25) is 0 Å². The lowest BCUT2D eigenvalue weighted by atomic mass is 10.1. The standard InChI is InChI=1S/C13H15ClN4O/c1-18-7-5-10(17-18)4-6-16-13(19)11-3-2-9(14)8-12(11)15/h2-3,5,7-8H,4,6,15H2,1H3,(H,16,19). The molecule has 0 atom stereocenters. The largest absolute Gasteiger partial charge is 0.398 e. The second-order valence-corrected chi connectivity index (χ2v) is 4.65. The van der Waals surface area contributed by atoms with Gasteiger partial charge in [0.25, 0.3) is 5.91 Å². The minimum Gasteiger partial charge on any atom is -0.398 e. The van der Waals surface area contributed by atoms with Gasteiger partial charge in [-0.15, -0.1) is 0 Å². The number of benzene rings is 1. The Labute approximate surface area is 116 Å². The highest BCUT2D eigenvalue weighted by Crippen LogP contribution is 2.17. The molecule has 1 amide bonds. The number of nitrogens with zero attached hydrogens (tertiary/aromatic N) is 2. The molecule has 2 rings (SSSR count). The summed E-state index contributed by atoms with van der Waals surface area (Å²) in [5.41, 5.74) is 7.50. The summed E-state index contributed by atoms with van der Waals surface area (Å²) in [4.78, 5) is 11.9. The molecule has 0 saturated heterocycles. The number of rotatable bonds is 4. The second-order valence-electron chi connectivity index (χ2n) is 4.22. The zero-order valence-electron chi connectivity index (χ0n) is 10.6. The van der Waals surface area contributed by atoms with Crippen LogP contribution in [-0.2, 0) is 13.5 Å². The fourth-order valence-electron chi connectivity index (χ4n) is 1.74. The van der Waals surface area contributed by atoms with Crippen molar-refractivity contribution in [1.82, 2.24) is 15.1 Å². The summed E-state index contributed by atoms with van der Waals surface area (Å²) in [6, 6.07) is 6.75. The van der Waals surface area contributed by atoms with Gasteiger partial charge in [-0.3, -0.25) is 9.48 Å². The van der Waals surface area contributed by atoms with E-state index in [1.165, 1.54) is 0 Å². The molecule has 5 nitrogen and oxygen atoms in total. The summed E-state index contributed by atoms with van der Waals surface area (Å²) in [6.45, 7) is 0.512. The van der Waals surface area contributed by atoms with Crippen LogP contribution in [0.25, 0.3) is 0 Å². The Bertz CT molecular complexity index is 594. The second kappa shape index (κ2) is 5.75. The highest BCUT2D eigenvalue weighted by atomic mass is 35.5. The Hall–Kier alpha value is -2.01. The molecule has 1 aromatic carbocycles. The molecule has 0 unspecified atom stereocenters. The number of carbonyl (C=O) groups is 1. The lowest BCUT2D eigenvalue weighted by Crippen LogP contribution is -2.26. The van der Waals surface area contributed by atoms with Gasteiger partial charge in [0.15, 0.2) is 0 Å². The van der Waals surface area contributed by atoms with Crippen molar-refractivity contribution in [3.63, 3.8) is 0 Å². The third kappa shape index (κ3) is 3.48. The van der Waals surface area contributed by atoms with E-state index in [1.54, 1.807) is 22.9 Å². The molecule has 0 aliphatic carbocycles. The number of amides is 1. The molecule has 1 heterocycles. The van der Waals surface area contributed by atoms with Crippen molar-refractivity contribution in [2.24, 2.45) is 7.05 Å². The van der Waals surface area contributed by atoms with Crippen LogP contribution < -0.4 is 11.1 Å². The molecule has 0 saturated carbocycles. The topological polar surface area (TPSA) is 72.9 Å². The van der Waals surface area contributed by atoms with Gasteiger partial charge in [-0.1, -0.05) is 11.6 Å². The average molecular weight is 279 g/mol. The average Bonchev–Trinajstić information content (AvgIpc) is 2.75. The summed E-state index contributed by atoms with van der Waals surface area (Å²) in [7, 11) is 1.86. The van der Waals surface area contributed by atoms with Gasteiger partial charge in [0.1, 0.15) is 0 Å². The number of hydrogen-bond acceptors (Lipinski definition) is 3. The molecular weight excluding hydrogens is 264 g/mol. The molecule has 0 fully saturated rings. The van der Waals surface area contributed by atoms with E-state index in [0.717, 1.165) is 5.69 Å². The molecule has 100 valence electrons. The van der Waals surface area contributed by atoms with Crippen LogP contribution in [0.4, 0.5) is 5.69 Å². The molecule has 0 spiro atoms. The molecule has 3 N–H and O–H groups in total. The van der Waals surface area contributed by atoms with Gasteiger partial charge >= 0.3 is 0 Å². The zero-order valence-corrected chi connectivity index (χ0v) is 11.3. The van der Waals surface area contributed by atoms with Crippen molar-refractivity contribution in [2.45, 2.75) is 6.42 Å². The van der Waals surface area contributed by atoms with Crippen molar-refractivity contribution in [1.29, 1.82) is 0 Å². The number of nitrogen functional groups attached to an aromatic ring is 1. The van der Waals surface area contributed by atoms with Crippen LogP contribution in [0, 0.1) is 0 Å². The maximum Gasteiger partial charge on any atom is 0.253 e. The van der Waals surface area contributed by atoms with Crippen LogP contribution in [0.5, 0.6) is 0 Å². The highest BCUT2D eigenvalue weighted by Gasteiger charge is 2.09. The minimum atomic E-state index is -0.204. The molecule has 0 radical (unpaired) electrons. The van der Waals surface area contributed by atoms with E-state index in [1.807, 2.05) is 19.3 Å². The maximum atomic E-state index is 11.9. The monoisotopic (exact) mass is 278 g/mol. The van der Waals surface area contributed by atoms with E-state index in [-0.39, 0.29) is 5.91 Å². The highest BCUT2D eigenvalue weighted by molar-refractivity contribution is 6.31. The molecule has 2 aromatic rings. The van der Waals surface area contributed by atoms with E-state index in [0.29, 0.717) is 29.2 Å². The van der Waals surface area contributed by atoms with E-state index >= 15 is 0 Å². The Kier molecular flexibility index (Phi) is 4.06. The van der Waals surface area contributed by atoms with Crippen LogP contribution in [-0.4, -0.2) is 22.2 Å². The fraction of sp³-hybridized carbons (Fsp3) is 0.231. The van der Waals surface area contributed by atoms with Crippen molar-refractivity contribution in [3.8, 4) is 0 Å². The van der Waals surface area contributed by atoms with E-state index < -0.39 is 0 Å². The van der Waals surface area contributed by atoms with Crippen LogP contribution in [0.1, 0.15) is 16.1 Å². The van der Waals surface area contributed by atoms with Crippen LogP contribution >= 0.6 is 11.6 Å². The van der Waals surface area contributed by atoms with Gasteiger partial charge in [0.05, 0.1) is 11.3 Å². The first-order valence-corrected chi connectivity index (χ1v) is 6.26. The Morgan fingerprint density at radius 3 is 2.89 bits per heavy atom. The SMILES string of the molecule is Cn1ccc(CCNC(=O)c2ccc(Cl)cc2N)n1. The number of aryl methyl sites for hydroxylation is 1. The number of hydrogen-bond donors (Lipinski definition) is 2. The van der Waals surface area contributed by atoms with Crippen LogP contribution in [0.2, 0.25) is 5.02 Å². The lowest BCUT2D eigenvalue weighted by molar-refractivity contribution is 0.0955. The molecule has 0 aliphatic heterocycles. The van der Waals surface area contributed by atoms with E-state index in [4.69, 9.17) is 17.3 Å². The van der Waals surface area contributed by atoms with Gasteiger partial charge in [-0.05, 0) is 24.3 Å². The fourth-order valence-corrected chi connectivity index (χ4v) is 1.92. The third-order valence-electron chi connectivity index (χ3n) is 2.69. The molecule has 1 aromatic heterocycles. The number of aromatic nitrogens is 2. The predicted octanol–water partition coefficient (Wildman–Crippen LogP) is 1.63. The first-order chi connectivity index (χ1) is 9.06. The molecular formula is C13H15ClN4O. The van der Waals surface area contributed by atoms with Gasteiger partial charge in [0, 0.05) is 36.9 Å². The summed E-state index contributed by atoms with van der Waals surface area (Å²) in [6.07, 6.45) is 2.55. The van der Waals surface area contributed by atoms with E-state index in [9.17, 15) is 4.79 Å². The van der Waals surface area contributed by atoms with Crippen molar-refractivity contribution >= 4 is 23.2 Å². The number of nitrogens with one attached hydrogen (secondary N) is 1. The van der Waals surface area contributed by atoms with Crippen molar-refractivity contribution in [3.05, 3.63) is 46.7 Å². The minimum absolute atomic E-state index is 0.204. The normalized spacial score (nSPS) is 10.4. The maximum absolute atomic E-state index is 11.9. The van der Waals surface area contributed by atoms with Crippen molar-refractivity contribution in [2.75, 3.05) is 12.3 Å². The predicted molar refractivity (Wildman–Crippen MR) is 75.1 cm³/mol. The van der Waals surface area contributed by atoms with Crippen LogP contribution in [0.3, 0.4) is 0 Å². The zero-order chi connectivity index (χ0) is 13.8. The first kappa shape index (κ1) is 13.4. The Balaban J connectivity index is 1.90. The van der Waals surface area contributed by atoms with Gasteiger partial charge in [-0.25, -0.2) is 0 Å². The summed E-state index contributed by atoms with van der Waals surface area (Å²) in [5.74, 6) is -0.204. The molecule has 0 bridgehead atoms. The molecule has 6 heteroatoms. The number of nitrogens with two attached hydrogens (primary N) is 1. The number of carbonyl (C=O) groups excluding carboxylic acids is 1.